The number of hydrogen-bond donors (Lipinski definition) is 0. The van der Waals surface area contributed by atoms with Gasteiger partial charge in [0.25, 0.3) is 0 Å². The lowest BCUT2D eigenvalue weighted by atomic mass is 10.0. The van der Waals surface area contributed by atoms with Crippen LogP contribution in [0, 0.1) is 0 Å². The third kappa shape index (κ3) is 4.21. The molecule has 0 N–H and O–H groups in total. The second kappa shape index (κ2) is 11.5. The van der Waals surface area contributed by atoms with Crippen LogP contribution in [-0.2, 0) is 0 Å². The topological polar surface area (TPSA) is 35.6 Å². The van der Waals surface area contributed by atoms with E-state index < -0.39 is 0 Å². The van der Waals surface area contributed by atoms with E-state index in [1.807, 2.05) is 0 Å². The molecule has 5 heteroatoms. The van der Waals surface area contributed by atoms with E-state index in [0.717, 1.165) is 37.9 Å². The van der Waals surface area contributed by atoms with Gasteiger partial charge in [-0.2, -0.15) is 0 Å². The Morgan fingerprint density at radius 3 is 1.80 bits per heavy atom. The van der Waals surface area contributed by atoms with Crippen molar-refractivity contribution in [1.29, 1.82) is 0 Å². The first kappa shape index (κ1) is 31.5. The Morgan fingerprint density at radius 1 is 0.390 bits per heavy atom. The van der Waals surface area contributed by atoms with Gasteiger partial charge in [-0.25, -0.2) is 9.97 Å². The number of fused-ring (bicyclic) bond motifs is 13. The van der Waals surface area contributed by atoms with Gasteiger partial charge in [0.05, 0.1) is 43.7 Å². The maximum atomic E-state index is 5.54. The summed E-state index contributed by atoms with van der Waals surface area (Å²) in [6.45, 7) is 0. The second-order valence-electron chi connectivity index (χ2n) is 15.7. The minimum Gasteiger partial charge on any atom is -0.309 e. The molecule has 4 heterocycles. The molecule has 14 rings (SSSR count). The maximum absolute atomic E-state index is 5.54. The zero-order valence-electron chi connectivity index (χ0n) is 31.5. The van der Waals surface area contributed by atoms with Gasteiger partial charge < -0.3 is 4.57 Å². The number of aromatic nitrogens is 4. The fourth-order valence-corrected chi connectivity index (χ4v) is 11.3. The highest BCUT2D eigenvalue weighted by Crippen LogP contribution is 2.50. The summed E-state index contributed by atoms with van der Waals surface area (Å²) in [7, 11) is 0. The van der Waals surface area contributed by atoms with Gasteiger partial charge in [-0.3, -0.25) is 4.57 Å². The molecule has 1 aliphatic rings. The highest BCUT2D eigenvalue weighted by atomic mass is 32.1. The van der Waals surface area contributed by atoms with Crippen LogP contribution >= 0.6 is 11.3 Å². The number of para-hydroxylation sites is 2. The monoisotopic (exact) mass is 766 g/mol. The minimum absolute atomic E-state index is 0.672. The fraction of sp³-hybridized carbons (Fsp3) is 0. The van der Waals surface area contributed by atoms with Crippen molar-refractivity contribution in [1.82, 2.24) is 19.1 Å². The predicted octanol–water partition coefficient (Wildman–Crippen LogP) is 14.7. The lowest BCUT2D eigenvalue weighted by molar-refractivity contribution is 1.02. The summed E-state index contributed by atoms with van der Waals surface area (Å²) >= 11 is 1.77. The van der Waals surface area contributed by atoms with Crippen LogP contribution in [0.5, 0.6) is 0 Å². The summed E-state index contributed by atoms with van der Waals surface area (Å²) in [6, 6.07) is 66.4. The summed E-state index contributed by atoms with van der Waals surface area (Å²) in [5, 5.41) is 10.9. The van der Waals surface area contributed by atoms with Crippen LogP contribution in [0.1, 0.15) is 0 Å². The smallest absolute Gasteiger partial charge is 0.235 e. The molecule has 0 atom stereocenters. The molecule has 0 bridgehead atoms. The summed E-state index contributed by atoms with van der Waals surface area (Å²) in [6.07, 6.45) is 0. The molecule has 9 aromatic carbocycles. The van der Waals surface area contributed by atoms with Crippen molar-refractivity contribution < 1.29 is 0 Å². The number of benzene rings is 9. The Kier molecular flexibility index (Phi) is 6.14. The summed E-state index contributed by atoms with van der Waals surface area (Å²) in [4.78, 5) is 11.0. The maximum Gasteiger partial charge on any atom is 0.235 e. The Bertz CT molecular complexity index is 3950. The van der Waals surface area contributed by atoms with Crippen LogP contribution < -0.4 is 0 Å². The Balaban J connectivity index is 1.08. The normalized spacial score (nSPS) is 12.4. The standard InChI is InChI=1S/C54H30N4S/c1-2-13-32-28-33(25-24-31(32)12-1)51-53-52(41-18-7-10-23-49(41)59-53)56-54(55-51)58-45-22-9-6-17-37(45)43-29-47-42(30-48(43)58)36-16-5-8-21-44(36)57(47)46-27-26-39-35-15-4-3-14-34(35)38-19-11-20-40(46)50(38)39/h1-30H. The van der Waals surface area contributed by atoms with Gasteiger partial charge in [-0.1, -0.05) is 140 Å². The molecule has 0 aliphatic heterocycles. The molecule has 59 heavy (non-hydrogen) atoms. The highest BCUT2D eigenvalue weighted by molar-refractivity contribution is 7.26. The third-order valence-corrected chi connectivity index (χ3v) is 13.8. The molecule has 0 amide bonds. The van der Waals surface area contributed by atoms with E-state index in [2.05, 4.69) is 191 Å². The molecule has 0 fully saturated rings. The molecule has 272 valence electrons. The SMILES string of the molecule is c1ccc2c(c1)-c1cccc3c(-n4c5ccccc5c5cc6c(cc54)c4ccccc4n6-c4nc(-c5ccc6ccccc6c5)c5sc6ccccc6c5n4)ccc-2c13. The van der Waals surface area contributed by atoms with Gasteiger partial charge in [-0.05, 0) is 80.9 Å². The van der Waals surface area contributed by atoms with E-state index in [1.165, 1.54) is 86.8 Å². The number of nitrogens with zero attached hydrogens (tertiary/aromatic N) is 4. The van der Waals surface area contributed by atoms with E-state index >= 15 is 0 Å². The lowest BCUT2D eigenvalue weighted by Crippen LogP contribution is -2.02. The van der Waals surface area contributed by atoms with Crippen molar-refractivity contribution >= 4 is 96.8 Å². The molecule has 0 radical (unpaired) electrons. The van der Waals surface area contributed by atoms with Crippen LogP contribution in [0.3, 0.4) is 0 Å². The van der Waals surface area contributed by atoms with Gasteiger partial charge in [0.1, 0.15) is 0 Å². The molecule has 0 saturated carbocycles. The minimum atomic E-state index is 0.672. The zero-order chi connectivity index (χ0) is 38.3. The molecule has 0 spiro atoms. The molecule has 0 unspecified atom stereocenters. The van der Waals surface area contributed by atoms with Crippen molar-refractivity contribution in [3.05, 3.63) is 182 Å². The van der Waals surface area contributed by atoms with Crippen LogP contribution in [0.15, 0.2) is 182 Å². The largest absolute Gasteiger partial charge is 0.309 e. The van der Waals surface area contributed by atoms with Gasteiger partial charge in [-0.15, -0.1) is 11.3 Å². The summed E-state index contributed by atoms with van der Waals surface area (Å²) < 4.78 is 7.09. The van der Waals surface area contributed by atoms with E-state index in [0.29, 0.717) is 5.95 Å². The van der Waals surface area contributed by atoms with E-state index in [4.69, 9.17) is 9.97 Å². The van der Waals surface area contributed by atoms with Crippen molar-refractivity contribution in [2.75, 3.05) is 0 Å². The number of thiophene rings is 1. The first-order valence-corrected chi connectivity index (χ1v) is 20.9. The summed E-state index contributed by atoms with van der Waals surface area (Å²) in [5.41, 5.74) is 14.0. The Labute approximate surface area is 341 Å². The first-order chi connectivity index (χ1) is 29.3. The van der Waals surface area contributed by atoms with Crippen molar-refractivity contribution in [3.63, 3.8) is 0 Å². The summed E-state index contributed by atoms with van der Waals surface area (Å²) in [5.74, 6) is 0.672. The van der Waals surface area contributed by atoms with Crippen molar-refractivity contribution in [3.8, 4) is 45.1 Å². The molecule has 0 saturated heterocycles. The Morgan fingerprint density at radius 2 is 1.00 bits per heavy atom. The van der Waals surface area contributed by atoms with Crippen molar-refractivity contribution in [2.24, 2.45) is 0 Å². The predicted molar refractivity (Wildman–Crippen MR) is 248 cm³/mol. The molecular weight excluding hydrogens is 737 g/mol. The molecular formula is C54H30N4S. The van der Waals surface area contributed by atoms with E-state index in [9.17, 15) is 0 Å². The average molecular weight is 767 g/mol. The number of hydrogen-bond acceptors (Lipinski definition) is 3. The van der Waals surface area contributed by atoms with Gasteiger partial charge >= 0.3 is 0 Å². The van der Waals surface area contributed by atoms with Gasteiger partial charge in [0.2, 0.25) is 5.95 Å². The van der Waals surface area contributed by atoms with E-state index in [-0.39, 0.29) is 0 Å². The van der Waals surface area contributed by atoms with Crippen LogP contribution in [-0.4, -0.2) is 19.1 Å². The second-order valence-corrected chi connectivity index (χ2v) is 16.8. The van der Waals surface area contributed by atoms with Gasteiger partial charge in [0.15, 0.2) is 0 Å². The Hall–Kier alpha value is -7.60. The van der Waals surface area contributed by atoms with Gasteiger partial charge in [0, 0.05) is 42.6 Å². The average Bonchev–Trinajstić information content (AvgIpc) is 4.03. The van der Waals surface area contributed by atoms with Crippen LogP contribution in [0.2, 0.25) is 0 Å². The lowest BCUT2D eigenvalue weighted by Gasteiger charge is -2.13. The quantitative estimate of drug-likeness (QED) is 0.180. The highest BCUT2D eigenvalue weighted by Gasteiger charge is 2.25. The third-order valence-electron chi connectivity index (χ3n) is 12.7. The van der Waals surface area contributed by atoms with Crippen LogP contribution in [0.4, 0.5) is 0 Å². The van der Waals surface area contributed by atoms with Crippen molar-refractivity contribution in [2.45, 2.75) is 0 Å². The fourth-order valence-electron chi connectivity index (χ4n) is 10.1. The molecule has 1 aliphatic carbocycles. The molecule has 4 aromatic heterocycles. The molecule has 13 aromatic rings. The molecule has 4 nitrogen and oxygen atoms in total. The van der Waals surface area contributed by atoms with Crippen LogP contribution in [0.25, 0.3) is 131 Å². The zero-order valence-corrected chi connectivity index (χ0v) is 32.3. The van der Waals surface area contributed by atoms with E-state index in [1.54, 1.807) is 11.3 Å². The first-order valence-electron chi connectivity index (χ1n) is 20.1. The number of rotatable bonds is 3.